The molecule has 150 valence electrons. The molecule has 1 saturated heterocycles. The minimum Gasteiger partial charge on any atom is -0.436 e. The summed E-state index contributed by atoms with van der Waals surface area (Å²) in [6.07, 6.45) is 1.94. The van der Waals surface area contributed by atoms with Crippen molar-refractivity contribution >= 4 is 11.7 Å². The number of aromatic nitrogens is 2. The molecular weight excluding hydrogens is 359 g/mol. The van der Waals surface area contributed by atoms with Gasteiger partial charge in [0.15, 0.2) is 11.6 Å². The predicted molar refractivity (Wildman–Crippen MR) is 106 cm³/mol. The summed E-state index contributed by atoms with van der Waals surface area (Å²) in [4.78, 5) is 25.0. The van der Waals surface area contributed by atoms with Crippen LogP contribution in [0.1, 0.15) is 34.1 Å². The van der Waals surface area contributed by atoms with Crippen molar-refractivity contribution in [1.29, 1.82) is 0 Å². The first-order valence-corrected chi connectivity index (χ1v) is 9.52. The summed E-state index contributed by atoms with van der Waals surface area (Å²) >= 11 is 0. The van der Waals surface area contributed by atoms with Crippen molar-refractivity contribution in [2.45, 2.75) is 40.2 Å². The van der Waals surface area contributed by atoms with Gasteiger partial charge < -0.3 is 14.5 Å². The molecule has 1 amide bonds. The third kappa shape index (κ3) is 4.97. The standard InChI is InChI=1S/C21H27FN4O2/c1-15-13-25(9-10-26(15)20(27)12-21(2,3)4)18-11-19(24-14-23-18)28-17-8-6-5-7-16(17)22/h5-8,11,14-15H,9-10,12-13H2,1-4H3. The number of benzene rings is 1. The maximum atomic E-state index is 13.8. The topological polar surface area (TPSA) is 58.6 Å². The Morgan fingerprint density at radius 2 is 2.00 bits per heavy atom. The number of hydrogen-bond acceptors (Lipinski definition) is 5. The quantitative estimate of drug-likeness (QED) is 0.798. The van der Waals surface area contributed by atoms with Crippen molar-refractivity contribution in [1.82, 2.24) is 14.9 Å². The smallest absolute Gasteiger partial charge is 0.224 e. The highest BCUT2D eigenvalue weighted by Crippen LogP contribution is 2.26. The highest BCUT2D eigenvalue weighted by atomic mass is 19.1. The highest BCUT2D eigenvalue weighted by molar-refractivity contribution is 5.77. The molecule has 0 aliphatic carbocycles. The SMILES string of the molecule is CC1CN(c2cc(Oc3ccccc3F)ncn2)CCN1C(=O)CC(C)(C)C. The number of halogens is 1. The Bertz CT molecular complexity index is 837. The molecule has 2 aromatic rings. The number of nitrogens with zero attached hydrogens (tertiary/aromatic N) is 4. The third-order valence-electron chi connectivity index (χ3n) is 4.63. The fourth-order valence-electron chi connectivity index (χ4n) is 3.29. The number of piperazine rings is 1. The Hall–Kier alpha value is -2.70. The molecule has 1 fully saturated rings. The number of ether oxygens (including phenoxy) is 1. The molecule has 0 spiro atoms. The molecule has 1 aromatic heterocycles. The maximum absolute atomic E-state index is 13.8. The molecule has 2 heterocycles. The van der Waals surface area contributed by atoms with Gasteiger partial charge in [0, 0.05) is 38.2 Å². The van der Waals surface area contributed by atoms with E-state index in [1.54, 1.807) is 24.3 Å². The van der Waals surface area contributed by atoms with Gasteiger partial charge in [0.05, 0.1) is 0 Å². The van der Waals surface area contributed by atoms with Crippen molar-refractivity contribution in [3.8, 4) is 11.6 Å². The van der Waals surface area contributed by atoms with Crippen LogP contribution in [-0.4, -0.2) is 46.5 Å². The Balaban J connectivity index is 1.67. The van der Waals surface area contributed by atoms with E-state index in [2.05, 4.69) is 35.6 Å². The molecule has 0 N–H and O–H groups in total. The lowest BCUT2D eigenvalue weighted by atomic mass is 9.91. The van der Waals surface area contributed by atoms with E-state index in [-0.39, 0.29) is 29.0 Å². The molecule has 0 saturated carbocycles. The van der Waals surface area contributed by atoms with Crippen molar-refractivity contribution in [2.24, 2.45) is 5.41 Å². The summed E-state index contributed by atoms with van der Waals surface area (Å²) in [5, 5.41) is 0. The Morgan fingerprint density at radius 3 is 2.68 bits per heavy atom. The van der Waals surface area contributed by atoms with E-state index >= 15 is 0 Å². The molecule has 1 unspecified atom stereocenters. The van der Waals surface area contributed by atoms with Crippen LogP contribution in [0.4, 0.5) is 10.2 Å². The van der Waals surface area contributed by atoms with Crippen molar-refractivity contribution in [2.75, 3.05) is 24.5 Å². The first kappa shape index (κ1) is 20.0. The molecule has 0 radical (unpaired) electrons. The first-order valence-electron chi connectivity index (χ1n) is 9.52. The van der Waals surface area contributed by atoms with Crippen LogP contribution in [0.2, 0.25) is 0 Å². The molecule has 1 aromatic carbocycles. The lowest BCUT2D eigenvalue weighted by molar-refractivity contribution is -0.135. The lowest BCUT2D eigenvalue weighted by Gasteiger charge is -2.41. The monoisotopic (exact) mass is 386 g/mol. The summed E-state index contributed by atoms with van der Waals surface area (Å²) < 4.78 is 19.4. The molecule has 1 aliphatic heterocycles. The average Bonchev–Trinajstić information content (AvgIpc) is 2.62. The van der Waals surface area contributed by atoms with E-state index < -0.39 is 5.82 Å². The lowest BCUT2D eigenvalue weighted by Crippen LogP contribution is -2.54. The maximum Gasteiger partial charge on any atom is 0.224 e. The van der Waals surface area contributed by atoms with Crippen LogP contribution in [0.3, 0.4) is 0 Å². The summed E-state index contributed by atoms with van der Waals surface area (Å²) in [5.41, 5.74) is -0.0282. The molecule has 0 bridgehead atoms. The summed E-state index contributed by atoms with van der Waals surface area (Å²) in [6, 6.07) is 7.98. The number of carbonyl (C=O) groups excluding carboxylic acids is 1. The Labute approximate surface area is 165 Å². The van der Waals surface area contributed by atoms with Crippen molar-refractivity contribution in [3.05, 3.63) is 42.5 Å². The van der Waals surface area contributed by atoms with Gasteiger partial charge in [-0.15, -0.1) is 0 Å². The third-order valence-corrected chi connectivity index (χ3v) is 4.63. The van der Waals surface area contributed by atoms with Crippen LogP contribution in [0.25, 0.3) is 0 Å². The zero-order valence-corrected chi connectivity index (χ0v) is 16.9. The largest absolute Gasteiger partial charge is 0.436 e. The van der Waals surface area contributed by atoms with Gasteiger partial charge in [0.25, 0.3) is 0 Å². The molecule has 1 atom stereocenters. The van der Waals surface area contributed by atoms with E-state index in [1.165, 1.54) is 12.4 Å². The second-order valence-corrected chi connectivity index (χ2v) is 8.37. The molecule has 6 nitrogen and oxygen atoms in total. The number of rotatable bonds is 4. The number of amides is 1. The number of carbonyl (C=O) groups is 1. The summed E-state index contributed by atoms with van der Waals surface area (Å²) in [5.74, 6) is 0.858. The minimum absolute atomic E-state index is 0.0282. The van der Waals surface area contributed by atoms with Gasteiger partial charge in [-0.1, -0.05) is 32.9 Å². The van der Waals surface area contributed by atoms with Crippen LogP contribution in [-0.2, 0) is 4.79 Å². The fraction of sp³-hybridized carbons (Fsp3) is 0.476. The summed E-state index contributed by atoms with van der Waals surface area (Å²) in [6.45, 7) is 10.3. The summed E-state index contributed by atoms with van der Waals surface area (Å²) in [7, 11) is 0. The van der Waals surface area contributed by atoms with Crippen LogP contribution in [0, 0.1) is 11.2 Å². The van der Waals surface area contributed by atoms with Crippen molar-refractivity contribution < 1.29 is 13.9 Å². The minimum atomic E-state index is -0.442. The van der Waals surface area contributed by atoms with E-state index in [0.717, 1.165) is 0 Å². The van der Waals surface area contributed by atoms with Crippen LogP contribution in [0.15, 0.2) is 36.7 Å². The van der Waals surface area contributed by atoms with Gasteiger partial charge in [0.1, 0.15) is 12.1 Å². The zero-order chi connectivity index (χ0) is 20.3. The normalized spacial score (nSPS) is 17.5. The number of para-hydroxylation sites is 1. The van der Waals surface area contributed by atoms with Gasteiger partial charge in [0.2, 0.25) is 11.8 Å². The van der Waals surface area contributed by atoms with Gasteiger partial charge in [-0.25, -0.2) is 14.4 Å². The van der Waals surface area contributed by atoms with Crippen LogP contribution in [0.5, 0.6) is 11.6 Å². The van der Waals surface area contributed by atoms with Gasteiger partial charge in [-0.3, -0.25) is 4.79 Å². The Morgan fingerprint density at radius 1 is 1.25 bits per heavy atom. The first-order chi connectivity index (χ1) is 13.2. The average molecular weight is 386 g/mol. The molecular formula is C21H27FN4O2. The second kappa shape index (κ2) is 8.12. The van der Waals surface area contributed by atoms with E-state index in [0.29, 0.717) is 31.9 Å². The molecule has 7 heteroatoms. The predicted octanol–water partition coefficient (Wildman–Crippen LogP) is 3.88. The van der Waals surface area contributed by atoms with E-state index in [9.17, 15) is 9.18 Å². The second-order valence-electron chi connectivity index (χ2n) is 8.37. The molecule has 1 aliphatic rings. The number of hydrogen-bond donors (Lipinski definition) is 0. The zero-order valence-electron chi connectivity index (χ0n) is 16.9. The van der Waals surface area contributed by atoms with Gasteiger partial charge >= 0.3 is 0 Å². The van der Waals surface area contributed by atoms with E-state index in [4.69, 9.17) is 4.74 Å². The Kier molecular flexibility index (Phi) is 5.82. The van der Waals surface area contributed by atoms with Gasteiger partial charge in [-0.2, -0.15) is 0 Å². The van der Waals surface area contributed by atoms with Crippen molar-refractivity contribution in [3.63, 3.8) is 0 Å². The molecule has 28 heavy (non-hydrogen) atoms. The highest BCUT2D eigenvalue weighted by Gasteiger charge is 2.30. The van der Waals surface area contributed by atoms with Gasteiger partial charge in [-0.05, 0) is 24.5 Å². The fourth-order valence-corrected chi connectivity index (χ4v) is 3.29. The van der Waals surface area contributed by atoms with Crippen LogP contribution >= 0.6 is 0 Å². The van der Waals surface area contributed by atoms with E-state index in [1.807, 2.05) is 11.8 Å². The number of anilines is 1. The molecule has 3 rings (SSSR count). The van der Waals surface area contributed by atoms with Crippen LogP contribution < -0.4 is 9.64 Å².